The first-order valence-corrected chi connectivity index (χ1v) is 6.98. The molecule has 1 heterocycles. The molecule has 7 nitrogen and oxygen atoms in total. The largest absolute Gasteiger partial charge is 0.458 e. The van der Waals surface area contributed by atoms with Crippen molar-refractivity contribution in [1.82, 2.24) is 0 Å². The zero-order chi connectivity index (χ0) is 15.4. The molecule has 0 amide bonds. The average molecular weight is 326 g/mol. The van der Waals surface area contributed by atoms with Gasteiger partial charge in [-0.05, 0) is 12.8 Å². The Hall–Kier alpha value is -0.970. The van der Waals surface area contributed by atoms with Gasteiger partial charge in [-0.25, -0.2) is 10.1 Å². The van der Waals surface area contributed by atoms with E-state index in [4.69, 9.17) is 14.7 Å². The topological polar surface area (TPSA) is 91.3 Å². The van der Waals surface area contributed by atoms with Crippen LogP contribution in [0.4, 0.5) is 8.78 Å². The van der Waals surface area contributed by atoms with E-state index in [1.165, 1.54) is 0 Å². The van der Waals surface area contributed by atoms with Crippen LogP contribution in [0, 0.1) is 17.3 Å². The van der Waals surface area contributed by atoms with Crippen molar-refractivity contribution in [2.24, 2.45) is 17.3 Å². The molecule has 5 unspecified atom stereocenters. The summed E-state index contributed by atoms with van der Waals surface area (Å²) < 4.78 is 40.4. The fourth-order valence-corrected chi connectivity index (χ4v) is 3.96. The molecule has 1 N–H and O–H groups in total. The smallest absolute Gasteiger partial charge is 0.415 e. The van der Waals surface area contributed by atoms with Gasteiger partial charge in [-0.15, -0.1) is 4.33 Å². The zero-order valence-corrected chi connectivity index (χ0v) is 11.6. The Morgan fingerprint density at radius 1 is 1.52 bits per heavy atom. The predicted molar refractivity (Wildman–Crippen MR) is 61.4 cm³/mol. The van der Waals surface area contributed by atoms with E-state index < -0.39 is 40.9 Å². The first-order valence-electron chi connectivity index (χ1n) is 6.24. The monoisotopic (exact) mass is 326 g/mol. The van der Waals surface area contributed by atoms with Crippen LogP contribution in [0.2, 0.25) is 0 Å². The Kier molecular flexibility index (Phi) is 3.39. The number of esters is 2. The average Bonchev–Trinajstić information content (AvgIpc) is 2.96. The van der Waals surface area contributed by atoms with Crippen LogP contribution in [0.5, 0.6) is 0 Å². The Labute approximate surface area is 121 Å². The summed E-state index contributed by atoms with van der Waals surface area (Å²) >= 11 is -0.679. The molecular formula is C11H12F2O7S. The lowest BCUT2D eigenvalue weighted by Gasteiger charge is -2.33. The van der Waals surface area contributed by atoms with Gasteiger partial charge in [-0.1, -0.05) is 12.0 Å². The third-order valence-corrected chi connectivity index (χ3v) is 5.01. The highest BCUT2D eigenvalue weighted by atomic mass is 32.2. The third kappa shape index (κ3) is 2.20. The van der Waals surface area contributed by atoms with Crippen LogP contribution in [0.3, 0.4) is 0 Å². The van der Waals surface area contributed by atoms with Gasteiger partial charge in [0.2, 0.25) is 0 Å². The van der Waals surface area contributed by atoms with E-state index >= 15 is 0 Å². The predicted octanol–water partition coefficient (Wildman–Crippen LogP) is 1.53. The molecule has 2 bridgehead atoms. The number of carbonyl (C=O) groups is 2. The van der Waals surface area contributed by atoms with Crippen LogP contribution in [-0.2, 0) is 28.4 Å². The summed E-state index contributed by atoms with van der Waals surface area (Å²) in [5, 5.41) is 6.83. The fraction of sp³-hybridized carbons (Fsp3) is 0.818. The maximum Gasteiger partial charge on any atom is 0.415 e. The quantitative estimate of drug-likeness (QED) is 0.352. The molecule has 0 aromatic rings. The van der Waals surface area contributed by atoms with Crippen LogP contribution in [-0.4, -0.2) is 34.7 Å². The molecule has 0 radical (unpaired) electrons. The summed E-state index contributed by atoms with van der Waals surface area (Å²) in [5.74, 6) is -2.50. The minimum absolute atomic E-state index is 0.0846. The molecule has 5 atom stereocenters. The van der Waals surface area contributed by atoms with Gasteiger partial charge in [-0.3, -0.25) is 4.79 Å². The number of alkyl halides is 2. The van der Waals surface area contributed by atoms with Crippen molar-refractivity contribution in [2.45, 2.75) is 37.2 Å². The molecule has 0 spiro atoms. The number of ether oxygens (including phenoxy) is 2. The van der Waals surface area contributed by atoms with Crippen LogP contribution < -0.4 is 0 Å². The molecule has 2 saturated carbocycles. The summed E-state index contributed by atoms with van der Waals surface area (Å²) in [7, 11) is 0. The van der Waals surface area contributed by atoms with Crippen molar-refractivity contribution < 1.29 is 42.5 Å². The second-order valence-corrected chi connectivity index (χ2v) is 6.62. The highest BCUT2D eigenvalue weighted by molar-refractivity contribution is 7.96. The Balaban J connectivity index is 1.71. The van der Waals surface area contributed by atoms with E-state index in [1.807, 2.05) is 0 Å². The maximum atomic E-state index is 13.4. The van der Waals surface area contributed by atoms with Crippen LogP contribution in [0.15, 0.2) is 0 Å². The maximum absolute atomic E-state index is 13.4. The van der Waals surface area contributed by atoms with E-state index in [0.29, 0.717) is 12.8 Å². The number of hydrogen-bond acceptors (Lipinski definition) is 8. The Bertz CT molecular complexity index is 487. The van der Waals surface area contributed by atoms with Crippen LogP contribution in [0.1, 0.15) is 19.8 Å². The summed E-state index contributed by atoms with van der Waals surface area (Å²) in [6.07, 6.45) is -0.513. The lowest BCUT2D eigenvalue weighted by molar-refractivity contribution is -0.433. The van der Waals surface area contributed by atoms with Crippen molar-refractivity contribution in [1.29, 1.82) is 0 Å². The number of hydrogen-bond donors (Lipinski definition) is 1. The minimum Gasteiger partial charge on any atom is -0.458 e. The summed E-state index contributed by atoms with van der Waals surface area (Å²) in [6.45, 7) is 1.79. The minimum atomic E-state index is -4.05. The first-order chi connectivity index (χ1) is 9.78. The van der Waals surface area contributed by atoms with E-state index in [2.05, 4.69) is 9.37 Å². The number of carbonyl (C=O) groups excluding carboxylic acids is 2. The molecule has 3 aliphatic rings. The molecule has 3 rings (SSSR count). The van der Waals surface area contributed by atoms with Gasteiger partial charge in [-0.2, -0.15) is 8.78 Å². The molecule has 21 heavy (non-hydrogen) atoms. The van der Waals surface area contributed by atoms with Gasteiger partial charge in [0.15, 0.2) is 0 Å². The molecule has 1 saturated heterocycles. The van der Waals surface area contributed by atoms with Crippen LogP contribution >= 0.6 is 12.0 Å². The number of halogens is 2. The second-order valence-electron chi connectivity index (χ2n) is 5.80. The van der Waals surface area contributed by atoms with E-state index in [0.717, 1.165) is 0 Å². The molecular weight excluding hydrogens is 314 g/mol. The standard InChI is InChI=1S/C11H12F2O7S/c1-10-2-4-5(3-10)8(14)17-6(4)7(10)18-9(15)11(12,13)21-20-19-16/h4-7,16H,2-3H2,1H3. The summed E-state index contributed by atoms with van der Waals surface area (Å²) in [5.41, 5.74) is -0.545. The van der Waals surface area contributed by atoms with Gasteiger partial charge in [0.05, 0.1) is 5.92 Å². The second kappa shape index (κ2) is 4.77. The van der Waals surface area contributed by atoms with Gasteiger partial charge in [0.25, 0.3) is 0 Å². The van der Waals surface area contributed by atoms with Gasteiger partial charge >= 0.3 is 17.2 Å². The van der Waals surface area contributed by atoms with Crippen LogP contribution in [0.25, 0.3) is 0 Å². The Morgan fingerprint density at radius 3 is 2.90 bits per heavy atom. The lowest BCUT2D eigenvalue weighted by Crippen LogP contribution is -2.44. The van der Waals surface area contributed by atoms with Crippen molar-refractivity contribution in [3.8, 4) is 0 Å². The van der Waals surface area contributed by atoms with Gasteiger partial charge in [0.1, 0.15) is 24.3 Å². The fourth-order valence-electron chi connectivity index (χ4n) is 3.73. The van der Waals surface area contributed by atoms with Crippen molar-refractivity contribution >= 4 is 24.0 Å². The molecule has 2 aliphatic carbocycles. The highest BCUT2D eigenvalue weighted by Crippen LogP contribution is 2.62. The number of rotatable bonds is 5. The van der Waals surface area contributed by atoms with E-state index in [-0.39, 0.29) is 17.8 Å². The molecule has 3 fully saturated rings. The first kappa shape index (κ1) is 14.9. The van der Waals surface area contributed by atoms with Crippen molar-refractivity contribution in [3.63, 3.8) is 0 Å². The zero-order valence-electron chi connectivity index (χ0n) is 10.8. The molecule has 10 heteroatoms. The van der Waals surface area contributed by atoms with E-state index in [9.17, 15) is 18.4 Å². The lowest BCUT2D eigenvalue weighted by atomic mass is 9.79. The molecule has 118 valence electrons. The summed E-state index contributed by atoms with van der Waals surface area (Å²) in [6, 6.07) is 0. The molecule has 1 aliphatic heterocycles. The SMILES string of the molecule is CC12CC3C(=O)OC(C3C1)C2OC(=O)C(F)(F)SOOO. The molecule has 0 aromatic carbocycles. The third-order valence-electron chi connectivity index (χ3n) is 4.51. The van der Waals surface area contributed by atoms with Gasteiger partial charge in [0, 0.05) is 11.3 Å². The van der Waals surface area contributed by atoms with Crippen molar-refractivity contribution in [3.05, 3.63) is 0 Å². The Morgan fingerprint density at radius 2 is 2.24 bits per heavy atom. The van der Waals surface area contributed by atoms with E-state index in [1.54, 1.807) is 6.92 Å². The molecule has 0 aromatic heterocycles. The van der Waals surface area contributed by atoms with Crippen molar-refractivity contribution in [2.75, 3.05) is 0 Å². The normalized spacial score (nSPS) is 40.5. The number of fused-ring (bicyclic) bond motifs is 1. The highest BCUT2D eigenvalue weighted by Gasteiger charge is 2.69. The van der Waals surface area contributed by atoms with Gasteiger partial charge < -0.3 is 9.47 Å². The summed E-state index contributed by atoms with van der Waals surface area (Å²) in [4.78, 5) is 23.2.